The fourth-order valence-corrected chi connectivity index (χ4v) is 2.83. The molecule has 0 fully saturated rings. The molecule has 1 aliphatic carbocycles. The zero-order valence-electron chi connectivity index (χ0n) is 12.3. The van der Waals surface area contributed by atoms with Crippen molar-refractivity contribution in [2.75, 3.05) is 0 Å². The van der Waals surface area contributed by atoms with Gasteiger partial charge in [0.25, 0.3) is 5.91 Å². The van der Waals surface area contributed by atoms with Gasteiger partial charge in [0.05, 0.1) is 11.6 Å². The fraction of sp³-hybridized carbons (Fsp3) is 0.222. The van der Waals surface area contributed by atoms with E-state index >= 15 is 0 Å². The van der Waals surface area contributed by atoms with Crippen LogP contribution in [-0.4, -0.2) is 17.0 Å². The molecule has 1 amide bonds. The SMILES string of the molecule is Cc1ccc(C(=O)NC2CCc3ccc(C(=O)O)cc32)cc1. The predicted octanol–water partition coefficient (Wildman–Crippen LogP) is 3.11. The first-order chi connectivity index (χ1) is 10.5. The molecular weight excluding hydrogens is 278 g/mol. The summed E-state index contributed by atoms with van der Waals surface area (Å²) in [4.78, 5) is 23.4. The number of amides is 1. The van der Waals surface area contributed by atoms with Crippen molar-refractivity contribution in [1.82, 2.24) is 5.32 Å². The maximum Gasteiger partial charge on any atom is 0.335 e. The van der Waals surface area contributed by atoms with Crippen LogP contribution in [0.4, 0.5) is 0 Å². The number of aryl methyl sites for hydroxylation is 2. The molecule has 4 nitrogen and oxygen atoms in total. The second-order valence-electron chi connectivity index (χ2n) is 5.65. The minimum atomic E-state index is -0.946. The van der Waals surface area contributed by atoms with Crippen LogP contribution in [-0.2, 0) is 6.42 Å². The van der Waals surface area contributed by atoms with Gasteiger partial charge in [0, 0.05) is 5.56 Å². The van der Waals surface area contributed by atoms with Crippen molar-refractivity contribution in [3.63, 3.8) is 0 Å². The number of carboxylic acids is 1. The summed E-state index contributed by atoms with van der Waals surface area (Å²) >= 11 is 0. The van der Waals surface area contributed by atoms with E-state index in [4.69, 9.17) is 5.11 Å². The van der Waals surface area contributed by atoms with Crippen LogP contribution >= 0.6 is 0 Å². The van der Waals surface area contributed by atoms with E-state index in [0.29, 0.717) is 5.56 Å². The lowest BCUT2D eigenvalue weighted by Gasteiger charge is -2.15. The molecule has 0 aromatic heterocycles. The third-order valence-electron chi connectivity index (χ3n) is 4.09. The van der Waals surface area contributed by atoms with Gasteiger partial charge in [-0.25, -0.2) is 4.79 Å². The third-order valence-corrected chi connectivity index (χ3v) is 4.09. The first-order valence-corrected chi connectivity index (χ1v) is 7.28. The molecule has 0 saturated carbocycles. The lowest BCUT2D eigenvalue weighted by atomic mass is 10.0. The summed E-state index contributed by atoms with van der Waals surface area (Å²) in [5.74, 6) is -1.07. The topological polar surface area (TPSA) is 66.4 Å². The highest BCUT2D eigenvalue weighted by Crippen LogP contribution is 2.32. The average molecular weight is 295 g/mol. The van der Waals surface area contributed by atoms with Gasteiger partial charge in [-0.2, -0.15) is 0 Å². The summed E-state index contributed by atoms with van der Waals surface area (Å²) in [5.41, 5.74) is 4.01. The van der Waals surface area contributed by atoms with Crippen LogP contribution in [0.1, 0.15) is 49.9 Å². The molecule has 2 aromatic rings. The molecule has 1 aliphatic rings. The largest absolute Gasteiger partial charge is 0.478 e. The molecule has 0 spiro atoms. The zero-order valence-corrected chi connectivity index (χ0v) is 12.3. The zero-order chi connectivity index (χ0) is 15.7. The molecule has 112 valence electrons. The van der Waals surface area contributed by atoms with E-state index < -0.39 is 5.97 Å². The normalized spacial score (nSPS) is 16.1. The summed E-state index contributed by atoms with van der Waals surface area (Å²) in [6, 6.07) is 12.4. The van der Waals surface area contributed by atoms with Crippen LogP contribution < -0.4 is 5.32 Å². The molecule has 22 heavy (non-hydrogen) atoms. The lowest BCUT2D eigenvalue weighted by Crippen LogP contribution is -2.27. The van der Waals surface area contributed by atoms with Crippen LogP contribution in [0.5, 0.6) is 0 Å². The third kappa shape index (κ3) is 2.72. The molecule has 0 bridgehead atoms. The summed E-state index contributed by atoms with van der Waals surface area (Å²) in [7, 11) is 0. The van der Waals surface area contributed by atoms with Gasteiger partial charge in [-0.1, -0.05) is 23.8 Å². The van der Waals surface area contributed by atoms with Gasteiger partial charge in [-0.15, -0.1) is 0 Å². The highest BCUT2D eigenvalue weighted by Gasteiger charge is 2.25. The van der Waals surface area contributed by atoms with E-state index in [1.54, 1.807) is 24.3 Å². The van der Waals surface area contributed by atoms with E-state index in [-0.39, 0.29) is 17.5 Å². The number of rotatable bonds is 3. The average Bonchev–Trinajstić information content (AvgIpc) is 2.90. The van der Waals surface area contributed by atoms with E-state index in [2.05, 4.69) is 5.32 Å². The Labute approximate surface area is 128 Å². The van der Waals surface area contributed by atoms with Crippen LogP contribution in [0, 0.1) is 6.92 Å². The van der Waals surface area contributed by atoms with Crippen molar-refractivity contribution in [3.05, 3.63) is 70.3 Å². The number of carboxylic acid groups (broad SMARTS) is 1. The molecule has 4 heteroatoms. The summed E-state index contributed by atoms with van der Waals surface area (Å²) in [5, 5.41) is 12.1. The number of benzene rings is 2. The number of aromatic carboxylic acids is 1. The predicted molar refractivity (Wildman–Crippen MR) is 83.1 cm³/mol. The number of hydrogen-bond donors (Lipinski definition) is 2. The van der Waals surface area contributed by atoms with Crippen LogP contribution in [0.25, 0.3) is 0 Å². The fourth-order valence-electron chi connectivity index (χ4n) is 2.83. The molecule has 2 aromatic carbocycles. The Morgan fingerprint density at radius 2 is 1.77 bits per heavy atom. The summed E-state index contributed by atoms with van der Waals surface area (Å²) < 4.78 is 0. The maximum atomic E-state index is 12.3. The van der Waals surface area contributed by atoms with E-state index in [1.807, 2.05) is 25.1 Å². The molecule has 0 aliphatic heterocycles. The van der Waals surface area contributed by atoms with Crippen molar-refractivity contribution in [2.45, 2.75) is 25.8 Å². The monoisotopic (exact) mass is 295 g/mol. The van der Waals surface area contributed by atoms with Crippen LogP contribution in [0.2, 0.25) is 0 Å². The Kier molecular flexibility index (Phi) is 3.67. The Morgan fingerprint density at radius 3 is 2.45 bits per heavy atom. The number of carbonyl (C=O) groups excluding carboxylic acids is 1. The second kappa shape index (κ2) is 5.64. The Hall–Kier alpha value is -2.62. The van der Waals surface area contributed by atoms with Gasteiger partial charge in [0.2, 0.25) is 0 Å². The minimum absolute atomic E-state index is 0.122. The quantitative estimate of drug-likeness (QED) is 0.914. The summed E-state index contributed by atoms with van der Waals surface area (Å²) in [6.07, 6.45) is 1.66. The Bertz CT molecular complexity index is 734. The highest BCUT2D eigenvalue weighted by molar-refractivity contribution is 5.94. The first-order valence-electron chi connectivity index (χ1n) is 7.28. The number of nitrogens with one attached hydrogen (secondary N) is 1. The highest BCUT2D eigenvalue weighted by atomic mass is 16.4. The Balaban J connectivity index is 1.81. The second-order valence-corrected chi connectivity index (χ2v) is 5.65. The number of carbonyl (C=O) groups is 2. The molecule has 1 atom stereocenters. The van der Waals surface area contributed by atoms with Crippen molar-refractivity contribution < 1.29 is 14.7 Å². The molecule has 2 N–H and O–H groups in total. The van der Waals surface area contributed by atoms with Crippen molar-refractivity contribution >= 4 is 11.9 Å². The smallest absolute Gasteiger partial charge is 0.335 e. The van der Waals surface area contributed by atoms with Gasteiger partial charge >= 0.3 is 5.97 Å². The van der Waals surface area contributed by atoms with Gasteiger partial charge in [-0.3, -0.25) is 4.79 Å². The maximum absolute atomic E-state index is 12.3. The van der Waals surface area contributed by atoms with E-state index in [9.17, 15) is 9.59 Å². The van der Waals surface area contributed by atoms with Gasteiger partial charge in [0.1, 0.15) is 0 Å². The summed E-state index contributed by atoms with van der Waals surface area (Å²) in [6.45, 7) is 1.97. The molecule has 1 unspecified atom stereocenters. The van der Waals surface area contributed by atoms with E-state index in [0.717, 1.165) is 29.5 Å². The molecule has 0 radical (unpaired) electrons. The standard InChI is InChI=1S/C18H17NO3/c1-11-2-4-13(5-3-11)17(20)19-16-9-8-12-6-7-14(18(21)22)10-15(12)16/h2-7,10,16H,8-9H2,1H3,(H,19,20)(H,21,22). The first kappa shape index (κ1) is 14.3. The van der Waals surface area contributed by atoms with Gasteiger partial charge in [-0.05, 0) is 55.2 Å². The molecule has 0 heterocycles. The van der Waals surface area contributed by atoms with Gasteiger partial charge < -0.3 is 10.4 Å². The number of fused-ring (bicyclic) bond motifs is 1. The molecular formula is C18H17NO3. The van der Waals surface area contributed by atoms with Gasteiger partial charge in [0.15, 0.2) is 0 Å². The van der Waals surface area contributed by atoms with Crippen molar-refractivity contribution in [2.24, 2.45) is 0 Å². The minimum Gasteiger partial charge on any atom is -0.478 e. The lowest BCUT2D eigenvalue weighted by molar-refractivity contribution is 0.0696. The van der Waals surface area contributed by atoms with Crippen molar-refractivity contribution in [3.8, 4) is 0 Å². The molecule has 3 rings (SSSR count). The van der Waals surface area contributed by atoms with E-state index in [1.165, 1.54) is 0 Å². The Morgan fingerprint density at radius 1 is 1.09 bits per heavy atom. The van der Waals surface area contributed by atoms with Crippen LogP contribution in [0.15, 0.2) is 42.5 Å². The molecule has 0 saturated heterocycles. The van der Waals surface area contributed by atoms with Crippen LogP contribution in [0.3, 0.4) is 0 Å². The number of hydrogen-bond acceptors (Lipinski definition) is 2. The van der Waals surface area contributed by atoms with Crippen molar-refractivity contribution in [1.29, 1.82) is 0 Å².